The van der Waals surface area contributed by atoms with Gasteiger partial charge in [-0.1, -0.05) is 38.1 Å². The van der Waals surface area contributed by atoms with Crippen molar-refractivity contribution in [3.05, 3.63) is 70.8 Å². The summed E-state index contributed by atoms with van der Waals surface area (Å²) in [4.78, 5) is 0. The number of rotatable bonds is 10. The molecular weight excluding hydrogens is 472 g/mol. The zero-order chi connectivity index (χ0) is 25.8. The molecule has 35 heavy (non-hydrogen) atoms. The summed E-state index contributed by atoms with van der Waals surface area (Å²) in [6.45, 7) is 5.37. The highest BCUT2D eigenvalue weighted by Gasteiger charge is 2.31. The molecular formula is C26H37F2N3O3S. The van der Waals surface area contributed by atoms with Gasteiger partial charge in [0.2, 0.25) is 10.0 Å². The van der Waals surface area contributed by atoms with Gasteiger partial charge in [-0.05, 0) is 59.9 Å². The molecule has 194 valence electrons. The lowest BCUT2D eigenvalue weighted by Crippen LogP contribution is -2.46. The normalized spacial score (nSPS) is 18.5. The summed E-state index contributed by atoms with van der Waals surface area (Å²) in [5.41, 5.74) is 8.85. The third-order valence-electron chi connectivity index (χ3n) is 6.81. The van der Waals surface area contributed by atoms with Crippen LogP contribution in [0.25, 0.3) is 0 Å². The molecule has 1 aliphatic rings. The number of nitrogens with zero attached hydrogens (tertiary/aromatic N) is 1. The molecule has 9 heteroatoms. The molecule has 2 aromatic carbocycles. The molecule has 2 aromatic rings. The molecule has 3 rings (SSSR count). The smallest absolute Gasteiger partial charge is 0.211 e. The number of aliphatic hydroxyl groups excluding tert-OH is 1. The van der Waals surface area contributed by atoms with Crippen molar-refractivity contribution in [1.29, 1.82) is 0 Å². The Morgan fingerprint density at radius 1 is 1.09 bits per heavy atom. The predicted molar refractivity (Wildman–Crippen MR) is 134 cm³/mol. The van der Waals surface area contributed by atoms with Crippen LogP contribution in [0.15, 0.2) is 42.5 Å². The highest BCUT2D eigenvalue weighted by Crippen LogP contribution is 2.33. The predicted octanol–water partition coefficient (Wildman–Crippen LogP) is 3.32. The fourth-order valence-corrected chi connectivity index (χ4v) is 5.62. The first-order chi connectivity index (χ1) is 16.4. The molecule has 3 unspecified atom stereocenters. The van der Waals surface area contributed by atoms with Gasteiger partial charge >= 0.3 is 0 Å². The van der Waals surface area contributed by atoms with Gasteiger partial charge in [0.25, 0.3) is 0 Å². The van der Waals surface area contributed by atoms with Crippen molar-refractivity contribution in [2.24, 2.45) is 11.7 Å². The van der Waals surface area contributed by atoms with Crippen molar-refractivity contribution >= 4 is 10.0 Å². The van der Waals surface area contributed by atoms with Gasteiger partial charge in [-0.15, -0.1) is 0 Å². The van der Waals surface area contributed by atoms with Crippen molar-refractivity contribution in [2.45, 2.75) is 57.2 Å². The van der Waals surface area contributed by atoms with Gasteiger partial charge in [0.15, 0.2) is 0 Å². The highest BCUT2D eigenvalue weighted by molar-refractivity contribution is 7.88. The van der Waals surface area contributed by atoms with Crippen molar-refractivity contribution in [2.75, 3.05) is 25.9 Å². The molecule has 0 saturated carbocycles. The second-order valence-corrected chi connectivity index (χ2v) is 11.9. The monoisotopic (exact) mass is 509 g/mol. The molecule has 0 spiro atoms. The average molecular weight is 510 g/mol. The lowest BCUT2D eigenvalue weighted by Gasteiger charge is -2.36. The van der Waals surface area contributed by atoms with Gasteiger partial charge in [-0.25, -0.2) is 21.5 Å². The third-order valence-corrected chi connectivity index (χ3v) is 8.11. The standard InChI is InChI=1S/C26H37F2N3O3S/c1-17(2)20-5-4-6-21(14-20)26(19-7-9-31(10-8-19)35(3,33)34)30-16-25(32)24(29)13-18-11-22(27)15-23(28)12-18/h4-6,11-12,14-15,17,19,24-26,30,32H,7-10,13,16,29H2,1-3H3. The molecule has 1 heterocycles. The summed E-state index contributed by atoms with van der Waals surface area (Å²) in [5.74, 6) is -0.819. The van der Waals surface area contributed by atoms with Gasteiger partial charge in [0, 0.05) is 37.8 Å². The Hall–Kier alpha value is -1.91. The van der Waals surface area contributed by atoms with Crippen LogP contribution in [0.1, 0.15) is 55.3 Å². The van der Waals surface area contributed by atoms with Crippen molar-refractivity contribution in [1.82, 2.24) is 9.62 Å². The number of nitrogens with one attached hydrogen (secondary N) is 1. The third kappa shape index (κ3) is 7.79. The van der Waals surface area contributed by atoms with Crippen LogP contribution in [0.5, 0.6) is 0 Å². The van der Waals surface area contributed by atoms with Crippen molar-refractivity contribution < 1.29 is 22.3 Å². The number of piperidine rings is 1. The van der Waals surface area contributed by atoms with E-state index in [1.54, 1.807) is 0 Å². The summed E-state index contributed by atoms with van der Waals surface area (Å²) < 4.78 is 52.5. The molecule has 3 atom stereocenters. The Morgan fingerprint density at radius 2 is 1.69 bits per heavy atom. The molecule has 0 radical (unpaired) electrons. The van der Waals surface area contributed by atoms with E-state index in [2.05, 4.69) is 31.3 Å². The van der Waals surface area contributed by atoms with Crippen molar-refractivity contribution in [3.63, 3.8) is 0 Å². The molecule has 1 fully saturated rings. The Morgan fingerprint density at radius 3 is 2.26 bits per heavy atom. The van der Waals surface area contributed by atoms with Crippen molar-refractivity contribution in [3.8, 4) is 0 Å². The SMILES string of the molecule is CC(C)c1cccc(C(NCC(O)C(N)Cc2cc(F)cc(F)c2)C2CCN(S(C)(=O)=O)CC2)c1. The van der Waals surface area contributed by atoms with Crippen LogP contribution >= 0.6 is 0 Å². The quantitative estimate of drug-likeness (QED) is 0.457. The van der Waals surface area contributed by atoms with E-state index < -0.39 is 33.8 Å². The zero-order valence-electron chi connectivity index (χ0n) is 20.6. The Labute approximate surface area is 207 Å². The first kappa shape index (κ1) is 27.7. The summed E-state index contributed by atoms with van der Waals surface area (Å²) in [6.07, 6.45) is 1.82. The molecule has 0 bridgehead atoms. The lowest BCUT2D eigenvalue weighted by molar-refractivity contribution is 0.128. The maximum atomic E-state index is 13.5. The van der Waals surface area contributed by atoms with E-state index in [0.29, 0.717) is 37.4 Å². The maximum absolute atomic E-state index is 13.5. The van der Waals surface area contributed by atoms with Crippen LogP contribution in [-0.4, -0.2) is 55.9 Å². The van der Waals surface area contributed by atoms with E-state index in [-0.39, 0.29) is 24.9 Å². The second-order valence-electron chi connectivity index (χ2n) is 9.92. The minimum atomic E-state index is -3.23. The number of sulfonamides is 1. The number of aliphatic hydroxyl groups is 1. The molecule has 0 amide bonds. The number of hydrogen-bond donors (Lipinski definition) is 3. The lowest BCUT2D eigenvalue weighted by atomic mass is 9.84. The number of halogens is 2. The van der Waals surface area contributed by atoms with Crippen LogP contribution in [0.2, 0.25) is 0 Å². The largest absolute Gasteiger partial charge is 0.390 e. The Bertz CT molecular complexity index is 1070. The molecule has 0 aliphatic carbocycles. The average Bonchev–Trinajstić information content (AvgIpc) is 2.78. The van der Waals surface area contributed by atoms with Gasteiger partial charge in [-0.2, -0.15) is 0 Å². The maximum Gasteiger partial charge on any atom is 0.211 e. The first-order valence-corrected chi connectivity index (χ1v) is 14.0. The van der Waals surface area contributed by atoms with E-state index in [1.165, 1.54) is 28.3 Å². The van der Waals surface area contributed by atoms with Crippen LogP contribution in [0.4, 0.5) is 8.78 Å². The molecule has 1 saturated heterocycles. The summed E-state index contributed by atoms with van der Waals surface area (Å²) in [6, 6.07) is 10.8. The number of benzene rings is 2. The van der Waals surface area contributed by atoms with E-state index in [4.69, 9.17) is 5.73 Å². The van der Waals surface area contributed by atoms with Gasteiger partial charge in [0.05, 0.1) is 12.4 Å². The number of nitrogens with two attached hydrogens (primary N) is 1. The Kier molecular flexibility index (Phi) is 9.40. The van der Waals surface area contributed by atoms with E-state index in [0.717, 1.165) is 11.6 Å². The second kappa shape index (κ2) is 11.9. The molecule has 0 aromatic heterocycles. The fourth-order valence-electron chi connectivity index (χ4n) is 4.75. The minimum absolute atomic E-state index is 0.0936. The van der Waals surface area contributed by atoms with E-state index in [9.17, 15) is 22.3 Å². The summed E-state index contributed by atoms with van der Waals surface area (Å²) in [7, 11) is -3.23. The summed E-state index contributed by atoms with van der Waals surface area (Å²) >= 11 is 0. The summed E-state index contributed by atoms with van der Waals surface area (Å²) in [5, 5.41) is 14.2. The van der Waals surface area contributed by atoms with E-state index in [1.807, 2.05) is 12.1 Å². The van der Waals surface area contributed by atoms with Gasteiger partial charge < -0.3 is 16.2 Å². The molecule has 6 nitrogen and oxygen atoms in total. The van der Waals surface area contributed by atoms with Gasteiger partial charge in [0.1, 0.15) is 11.6 Å². The Balaban J connectivity index is 1.72. The van der Waals surface area contributed by atoms with Crippen LogP contribution in [-0.2, 0) is 16.4 Å². The molecule has 1 aliphatic heterocycles. The fraction of sp³-hybridized carbons (Fsp3) is 0.538. The minimum Gasteiger partial charge on any atom is -0.390 e. The zero-order valence-corrected chi connectivity index (χ0v) is 21.4. The first-order valence-electron chi connectivity index (χ1n) is 12.1. The molecule has 4 N–H and O–H groups in total. The van der Waals surface area contributed by atoms with Crippen LogP contribution in [0.3, 0.4) is 0 Å². The topological polar surface area (TPSA) is 95.7 Å². The van der Waals surface area contributed by atoms with Gasteiger partial charge in [-0.3, -0.25) is 0 Å². The number of hydrogen-bond acceptors (Lipinski definition) is 5. The highest BCUT2D eigenvalue weighted by atomic mass is 32.2. The van der Waals surface area contributed by atoms with Crippen LogP contribution < -0.4 is 11.1 Å². The van der Waals surface area contributed by atoms with Crippen LogP contribution in [0, 0.1) is 17.6 Å². The van der Waals surface area contributed by atoms with E-state index >= 15 is 0 Å².